The number of nitrogens with zero attached hydrogens (tertiary/aromatic N) is 2. The highest BCUT2D eigenvalue weighted by Crippen LogP contribution is 2.16. The van der Waals surface area contributed by atoms with E-state index in [2.05, 4.69) is 24.3 Å². The number of carbonyl (C=O) groups is 1. The molecule has 1 heterocycles. The molecule has 0 spiro atoms. The van der Waals surface area contributed by atoms with E-state index in [1.807, 2.05) is 27.0 Å². The summed E-state index contributed by atoms with van der Waals surface area (Å²) < 4.78 is 0. The van der Waals surface area contributed by atoms with Crippen LogP contribution >= 0.6 is 0 Å². The second kappa shape index (κ2) is 6.52. The largest absolute Gasteiger partial charge is 0.339 e. The zero-order valence-electron chi connectivity index (χ0n) is 12.4. The third-order valence-electron chi connectivity index (χ3n) is 3.53. The number of rotatable bonds is 5. The molecule has 0 bridgehead atoms. The van der Waals surface area contributed by atoms with Crippen molar-refractivity contribution in [2.75, 3.05) is 12.5 Å². The molecule has 0 fully saturated rings. The maximum Gasteiger partial charge on any atom is 0.254 e. The van der Waals surface area contributed by atoms with E-state index in [1.54, 1.807) is 11.0 Å². The summed E-state index contributed by atoms with van der Waals surface area (Å²) in [6.45, 7) is 8.25. The van der Waals surface area contributed by atoms with Crippen molar-refractivity contribution < 1.29 is 4.79 Å². The van der Waals surface area contributed by atoms with Gasteiger partial charge in [-0.3, -0.25) is 4.79 Å². The van der Waals surface area contributed by atoms with Gasteiger partial charge in [0.15, 0.2) is 0 Å². The maximum absolute atomic E-state index is 12.5. The Hall–Kier alpha value is -1.62. The topological polar surface area (TPSA) is 71.2 Å². The van der Waals surface area contributed by atoms with E-state index >= 15 is 0 Å². The first kappa shape index (κ1) is 15.4. The lowest BCUT2D eigenvalue weighted by Gasteiger charge is -2.28. The number of anilines is 1. The first-order valence-corrected chi connectivity index (χ1v) is 6.65. The number of pyridine rings is 1. The van der Waals surface area contributed by atoms with Crippen LogP contribution in [0.4, 0.5) is 5.82 Å². The quantitative estimate of drug-likeness (QED) is 0.630. The highest BCUT2D eigenvalue weighted by atomic mass is 16.2. The molecule has 1 aromatic rings. The van der Waals surface area contributed by atoms with Crippen molar-refractivity contribution >= 4 is 11.7 Å². The van der Waals surface area contributed by atoms with Gasteiger partial charge in [-0.1, -0.05) is 20.8 Å². The number of hydrazine groups is 1. The fourth-order valence-electron chi connectivity index (χ4n) is 1.80. The second-order valence-corrected chi connectivity index (χ2v) is 5.13. The van der Waals surface area contributed by atoms with E-state index in [-0.39, 0.29) is 11.9 Å². The van der Waals surface area contributed by atoms with Crippen LogP contribution in [0, 0.1) is 5.92 Å². The zero-order chi connectivity index (χ0) is 14.6. The molecule has 1 aromatic heterocycles. The van der Waals surface area contributed by atoms with Crippen LogP contribution < -0.4 is 11.3 Å². The normalized spacial score (nSPS) is 12.4. The van der Waals surface area contributed by atoms with Crippen LogP contribution in [0.15, 0.2) is 12.1 Å². The Morgan fingerprint density at radius 1 is 1.42 bits per heavy atom. The van der Waals surface area contributed by atoms with Crippen molar-refractivity contribution in [3.63, 3.8) is 0 Å². The number of nitrogens with two attached hydrogens (primary N) is 1. The molecule has 0 radical (unpaired) electrons. The summed E-state index contributed by atoms with van der Waals surface area (Å²) in [7, 11) is 1.83. The van der Waals surface area contributed by atoms with Gasteiger partial charge in [0.05, 0.1) is 0 Å². The standard InChI is InChI=1S/C14H24N4O/c1-6-12-7-11(8-13(16-12)17-15)14(19)18(5)10(4)9(2)3/h7-10H,6,15H2,1-5H3,(H,16,17). The van der Waals surface area contributed by atoms with E-state index in [9.17, 15) is 4.79 Å². The Morgan fingerprint density at radius 2 is 2.05 bits per heavy atom. The average molecular weight is 264 g/mol. The Balaban J connectivity index is 3.05. The molecule has 0 aliphatic heterocycles. The number of nitrogens with one attached hydrogen (secondary N) is 1. The van der Waals surface area contributed by atoms with Crippen LogP contribution in [-0.2, 0) is 6.42 Å². The van der Waals surface area contributed by atoms with E-state index in [0.29, 0.717) is 17.3 Å². The van der Waals surface area contributed by atoms with E-state index in [0.717, 1.165) is 12.1 Å². The predicted octanol–water partition coefficient (Wildman–Crippen LogP) is 2.05. The smallest absolute Gasteiger partial charge is 0.254 e. The van der Waals surface area contributed by atoms with Gasteiger partial charge in [0.2, 0.25) is 0 Å². The number of aromatic nitrogens is 1. The van der Waals surface area contributed by atoms with E-state index in [1.165, 1.54) is 0 Å². The van der Waals surface area contributed by atoms with Gasteiger partial charge in [-0.05, 0) is 31.4 Å². The molecule has 0 aromatic carbocycles. The van der Waals surface area contributed by atoms with Crippen molar-refractivity contribution in [1.29, 1.82) is 0 Å². The lowest BCUT2D eigenvalue weighted by molar-refractivity contribution is 0.0707. The summed E-state index contributed by atoms with van der Waals surface area (Å²) in [4.78, 5) is 18.5. The minimum atomic E-state index is -0.00481. The molecule has 0 saturated carbocycles. The second-order valence-electron chi connectivity index (χ2n) is 5.13. The summed E-state index contributed by atoms with van der Waals surface area (Å²) in [6, 6.07) is 3.69. The zero-order valence-corrected chi connectivity index (χ0v) is 12.4. The first-order valence-electron chi connectivity index (χ1n) is 6.65. The summed E-state index contributed by atoms with van der Waals surface area (Å²) in [6.07, 6.45) is 0.763. The predicted molar refractivity (Wildman–Crippen MR) is 77.8 cm³/mol. The molecule has 1 amide bonds. The molecule has 5 nitrogen and oxygen atoms in total. The molecule has 19 heavy (non-hydrogen) atoms. The van der Waals surface area contributed by atoms with Gasteiger partial charge in [0.25, 0.3) is 5.91 Å². The summed E-state index contributed by atoms with van der Waals surface area (Å²) in [5.41, 5.74) is 3.98. The summed E-state index contributed by atoms with van der Waals surface area (Å²) >= 11 is 0. The van der Waals surface area contributed by atoms with Crippen LogP contribution in [0.5, 0.6) is 0 Å². The van der Waals surface area contributed by atoms with Crippen molar-refractivity contribution in [2.24, 2.45) is 11.8 Å². The van der Waals surface area contributed by atoms with Gasteiger partial charge in [-0.2, -0.15) is 0 Å². The fraction of sp³-hybridized carbons (Fsp3) is 0.571. The van der Waals surface area contributed by atoms with Gasteiger partial charge in [0, 0.05) is 24.3 Å². The molecule has 1 atom stereocenters. The van der Waals surface area contributed by atoms with Crippen LogP contribution in [0.2, 0.25) is 0 Å². The molecule has 1 unspecified atom stereocenters. The first-order chi connectivity index (χ1) is 8.90. The molecular formula is C14H24N4O. The monoisotopic (exact) mass is 264 g/mol. The van der Waals surface area contributed by atoms with Crippen molar-refractivity contribution in [3.8, 4) is 0 Å². The Bertz CT molecular complexity index is 423. The lowest BCUT2D eigenvalue weighted by atomic mass is 10.0. The number of carbonyl (C=O) groups excluding carboxylic acids is 1. The third kappa shape index (κ3) is 3.67. The molecule has 3 N–H and O–H groups in total. The molecule has 0 saturated heterocycles. The van der Waals surface area contributed by atoms with Gasteiger partial charge in [0.1, 0.15) is 5.82 Å². The van der Waals surface area contributed by atoms with E-state index in [4.69, 9.17) is 5.84 Å². The SMILES string of the molecule is CCc1cc(C(=O)N(C)C(C)C(C)C)cc(NN)n1. The van der Waals surface area contributed by atoms with Crippen molar-refractivity contribution in [3.05, 3.63) is 23.4 Å². The van der Waals surface area contributed by atoms with Gasteiger partial charge in [-0.25, -0.2) is 10.8 Å². The Morgan fingerprint density at radius 3 is 2.53 bits per heavy atom. The van der Waals surface area contributed by atoms with Gasteiger partial charge in [-0.15, -0.1) is 0 Å². The van der Waals surface area contributed by atoms with Crippen LogP contribution in [0.3, 0.4) is 0 Å². The summed E-state index contributed by atoms with van der Waals surface area (Å²) in [5.74, 6) is 6.32. The highest BCUT2D eigenvalue weighted by molar-refractivity contribution is 5.95. The third-order valence-corrected chi connectivity index (χ3v) is 3.53. The van der Waals surface area contributed by atoms with Crippen molar-refractivity contribution in [2.45, 2.75) is 40.2 Å². The Kier molecular flexibility index (Phi) is 5.30. The molecule has 1 rings (SSSR count). The number of amides is 1. The number of aryl methyl sites for hydroxylation is 1. The fourth-order valence-corrected chi connectivity index (χ4v) is 1.80. The van der Waals surface area contributed by atoms with Crippen molar-refractivity contribution in [1.82, 2.24) is 9.88 Å². The minimum absolute atomic E-state index is 0.00481. The number of hydrogen-bond donors (Lipinski definition) is 2. The number of nitrogen functional groups attached to an aromatic ring is 1. The van der Waals surface area contributed by atoms with Crippen LogP contribution in [-0.4, -0.2) is 28.9 Å². The molecule has 0 aliphatic rings. The number of hydrogen-bond acceptors (Lipinski definition) is 4. The molecule has 106 valence electrons. The van der Waals surface area contributed by atoms with Crippen LogP contribution in [0.1, 0.15) is 43.7 Å². The van der Waals surface area contributed by atoms with Gasteiger partial charge >= 0.3 is 0 Å². The van der Waals surface area contributed by atoms with Crippen LogP contribution in [0.25, 0.3) is 0 Å². The maximum atomic E-state index is 12.5. The molecule has 5 heteroatoms. The lowest BCUT2D eigenvalue weighted by Crippen LogP contribution is -2.38. The molecular weight excluding hydrogens is 240 g/mol. The highest BCUT2D eigenvalue weighted by Gasteiger charge is 2.20. The summed E-state index contributed by atoms with van der Waals surface area (Å²) in [5, 5.41) is 0. The molecule has 0 aliphatic carbocycles. The minimum Gasteiger partial charge on any atom is -0.339 e. The average Bonchev–Trinajstić information content (AvgIpc) is 2.43. The van der Waals surface area contributed by atoms with Gasteiger partial charge < -0.3 is 10.3 Å². The Labute approximate surface area is 115 Å². The van der Waals surface area contributed by atoms with E-state index < -0.39 is 0 Å².